The Morgan fingerprint density at radius 2 is 1.97 bits per heavy atom. The maximum Gasteiger partial charge on any atom is 0.412 e. The van der Waals surface area contributed by atoms with Crippen molar-refractivity contribution in [2.45, 2.75) is 25.8 Å². The highest BCUT2D eigenvalue weighted by atomic mass is 35.5. The van der Waals surface area contributed by atoms with Crippen LogP contribution >= 0.6 is 23.2 Å². The Labute approximate surface area is 189 Å². The number of halogens is 3. The fraction of sp³-hybridized carbons (Fsp3) is 0.217. The summed E-state index contributed by atoms with van der Waals surface area (Å²) in [6, 6.07) is 13.9. The van der Waals surface area contributed by atoms with E-state index >= 15 is 4.39 Å². The SMILES string of the molecule is O=C(NC/C(F)=C1\CCCc2cnn(Cc3ccc(Cl)cc3Cl)c21)Oc1ccccc1. The second kappa shape index (κ2) is 9.54. The summed E-state index contributed by atoms with van der Waals surface area (Å²) in [7, 11) is 0. The summed E-state index contributed by atoms with van der Waals surface area (Å²) in [4.78, 5) is 12.0. The molecule has 2 aromatic carbocycles. The van der Waals surface area contributed by atoms with Crippen LogP contribution in [0, 0.1) is 0 Å². The van der Waals surface area contributed by atoms with Crippen LogP contribution in [0.2, 0.25) is 10.0 Å². The number of nitrogens with zero attached hydrogens (tertiary/aromatic N) is 2. The van der Waals surface area contributed by atoms with Crippen LogP contribution in [0.15, 0.2) is 60.6 Å². The van der Waals surface area contributed by atoms with Crippen molar-refractivity contribution in [1.82, 2.24) is 15.1 Å². The number of para-hydroxylation sites is 1. The van der Waals surface area contributed by atoms with Crippen LogP contribution in [0.5, 0.6) is 5.75 Å². The van der Waals surface area contributed by atoms with E-state index in [1.807, 2.05) is 12.1 Å². The second-order valence-corrected chi connectivity index (χ2v) is 8.05. The van der Waals surface area contributed by atoms with Crippen LogP contribution in [0.4, 0.5) is 9.18 Å². The van der Waals surface area contributed by atoms with Gasteiger partial charge in [0.05, 0.1) is 25.0 Å². The first-order valence-electron chi connectivity index (χ1n) is 9.88. The predicted octanol–water partition coefficient (Wildman–Crippen LogP) is 6.04. The molecule has 1 aliphatic carbocycles. The number of rotatable bonds is 5. The maximum atomic E-state index is 15.1. The molecule has 160 valence electrons. The van der Waals surface area contributed by atoms with Gasteiger partial charge in [0.1, 0.15) is 11.6 Å². The highest BCUT2D eigenvalue weighted by Gasteiger charge is 2.24. The van der Waals surface area contributed by atoms with E-state index in [1.54, 1.807) is 47.3 Å². The molecule has 0 fully saturated rings. The van der Waals surface area contributed by atoms with Gasteiger partial charge in [0.15, 0.2) is 0 Å². The Morgan fingerprint density at radius 3 is 2.74 bits per heavy atom. The molecule has 0 spiro atoms. The number of amides is 1. The van der Waals surface area contributed by atoms with Crippen LogP contribution in [0.3, 0.4) is 0 Å². The number of aryl methyl sites for hydroxylation is 1. The molecule has 3 aromatic rings. The predicted molar refractivity (Wildman–Crippen MR) is 119 cm³/mol. The number of aromatic nitrogens is 2. The summed E-state index contributed by atoms with van der Waals surface area (Å²) in [6.45, 7) is 0.138. The first-order valence-corrected chi connectivity index (χ1v) is 10.6. The third kappa shape index (κ3) is 5.09. The van der Waals surface area contributed by atoms with Crippen molar-refractivity contribution in [3.63, 3.8) is 0 Å². The molecule has 0 saturated carbocycles. The molecule has 1 aliphatic rings. The average molecular weight is 460 g/mol. The van der Waals surface area contributed by atoms with Crippen molar-refractivity contribution in [2.75, 3.05) is 6.54 Å². The number of benzene rings is 2. The standard InChI is InChI=1S/C23H20Cl2FN3O2/c24-17-10-9-16(20(25)11-17)14-29-22-15(12-28-29)5-4-8-19(22)21(26)13-27-23(30)31-18-6-2-1-3-7-18/h1-3,6-7,9-12H,4-5,8,13-14H2,(H,27,30)/b21-19-. The second-order valence-electron chi connectivity index (χ2n) is 7.20. The zero-order valence-electron chi connectivity index (χ0n) is 16.6. The summed E-state index contributed by atoms with van der Waals surface area (Å²) < 4.78 is 22.0. The minimum Gasteiger partial charge on any atom is -0.410 e. The van der Waals surface area contributed by atoms with Gasteiger partial charge in [-0.3, -0.25) is 4.68 Å². The summed E-state index contributed by atoms with van der Waals surface area (Å²) in [6.07, 6.45) is 3.26. The van der Waals surface area contributed by atoms with Crippen LogP contribution in [-0.4, -0.2) is 22.4 Å². The first-order chi connectivity index (χ1) is 15.0. The van der Waals surface area contributed by atoms with E-state index in [2.05, 4.69) is 10.4 Å². The summed E-state index contributed by atoms with van der Waals surface area (Å²) in [5.74, 6) is -0.0131. The molecule has 1 aromatic heterocycles. The van der Waals surface area contributed by atoms with Crippen LogP contribution in [0.25, 0.3) is 5.57 Å². The van der Waals surface area contributed by atoms with Crippen molar-refractivity contribution < 1.29 is 13.9 Å². The molecule has 5 nitrogen and oxygen atoms in total. The number of ether oxygens (including phenoxy) is 1. The lowest BCUT2D eigenvalue weighted by Crippen LogP contribution is -2.28. The van der Waals surface area contributed by atoms with Crippen molar-refractivity contribution in [3.8, 4) is 5.75 Å². The van der Waals surface area contributed by atoms with Crippen molar-refractivity contribution >= 4 is 34.9 Å². The molecule has 0 radical (unpaired) electrons. The monoisotopic (exact) mass is 459 g/mol. The molecule has 1 amide bonds. The highest BCUT2D eigenvalue weighted by molar-refractivity contribution is 6.35. The van der Waals surface area contributed by atoms with Crippen LogP contribution in [-0.2, 0) is 13.0 Å². The van der Waals surface area contributed by atoms with E-state index in [4.69, 9.17) is 27.9 Å². The van der Waals surface area contributed by atoms with E-state index in [-0.39, 0.29) is 6.54 Å². The molecule has 1 N–H and O–H groups in total. The number of carbonyl (C=O) groups excluding carboxylic acids is 1. The molecule has 4 rings (SSSR count). The molecule has 0 saturated heterocycles. The molecule has 8 heteroatoms. The van der Waals surface area contributed by atoms with Gasteiger partial charge in [-0.2, -0.15) is 5.10 Å². The fourth-order valence-corrected chi connectivity index (χ4v) is 4.08. The molecule has 0 atom stereocenters. The molecule has 0 bridgehead atoms. The number of allylic oxidation sites excluding steroid dienone is 1. The van der Waals surface area contributed by atoms with E-state index in [1.165, 1.54) is 0 Å². The van der Waals surface area contributed by atoms with E-state index in [0.29, 0.717) is 34.3 Å². The summed E-state index contributed by atoms with van der Waals surface area (Å²) in [5, 5.41) is 8.01. The Hall–Kier alpha value is -2.83. The lowest BCUT2D eigenvalue weighted by molar-refractivity contribution is 0.201. The van der Waals surface area contributed by atoms with Gasteiger partial charge in [0.25, 0.3) is 0 Å². The highest BCUT2D eigenvalue weighted by Crippen LogP contribution is 2.34. The fourth-order valence-electron chi connectivity index (χ4n) is 3.61. The van der Waals surface area contributed by atoms with Crippen molar-refractivity contribution in [2.24, 2.45) is 0 Å². The molecular weight excluding hydrogens is 440 g/mol. The van der Waals surface area contributed by atoms with Gasteiger partial charge in [0.2, 0.25) is 0 Å². The number of carbonyl (C=O) groups is 1. The number of hydrogen-bond acceptors (Lipinski definition) is 3. The first kappa shape index (κ1) is 21.4. The topological polar surface area (TPSA) is 56.2 Å². The smallest absolute Gasteiger partial charge is 0.410 e. The quantitative estimate of drug-likeness (QED) is 0.505. The maximum absolute atomic E-state index is 15.1. The van der Waals surface area contributed by atoms with Crippen LogP contribution in [0.1, 0.15) is 29.7 Å². The molecule has 0 aliphatic heterocycles. The van der Waals surface area contributed by atoms with E-state index in [9.17, 15) is 4.79 Å². The number of nitrogens with one attached hydrogen (secondary N) is 1. The Morgan fingerprint density at radius 1 is 1.16 bits per heavy atom. The van der Waals surface area contributed by atoms with Crippen molar-refractivity contribution in [1.29, 1.82) is 0 Å². The van der Waals surface area contributed by atoms with Gasteiger partial charge in [-0.1, -0.05) is 47.5 Å². The molecular formula is C23H20Cl2FN3O2. The molecule has 31 heavy (non-hydrogen) atoms. The largest absolute Gasteiger partial charge is 0.412 e. The zero-order valence-corrected chi connectivity index (χ0v) is 18.1. The minimum absolute atomic E-state index is 0.257. The number of hydrogen-bond donors (Lipinski definition) is 1. The third-order valence-corrected chi connectivity index (χ3v) is 5.67. The average Bonchev–Trinajstić information content (AvgIpc) is 3.18. The van der Waals surface area contributed by atoms with Gasteiger partial charge in [-0.25, -0.2) is 9.18 Å². The normalized spacial score (nSPS) is 14.7. The minimum atomic E-state index is -0.709. The third-order valence-electron chi connectivity index (χ3n) is 5.08. The van der Waals surface area contributed by atoms with Gasteiger partial charge in [-0.05, 0) is 54.7 Å². The summed E-state index contributed by atoms with van der Waals surface area (Å²) in [5.41, 5.74) is 3.11. The lowest BCUT2D eigenvalue weighted by Gasteiger charge is -2.19. The Balaban J connectivity index is 1.52. The van der Waals surface area contributed by atoms with Gasteiger partial charge in [0, 0.05) is 15.6 Å². The molecule has 0 unspecified atom stereocenters. The summed E-state index contributed by atoms with van der Waals surface area (Å²) >= 11 is 12.3. The van der Waals surface area contributed by atoms with E-state index in [0.717, 1.165) is 29.7 Å². The van der Waals surface area contributed by atoms with Crippen molar-refractivity contribution in [3.05, 3.63) is 87.4 Å². The van der Waals surface area contributed by atoms with Gasteiger partial charge < -0.3 is 10.1 Å². The number of fused-ring (bicyclic) bond motifs is 1. The van der Waals surface area contributed by atoms with Crippen LogP contribution < -0.4 is 10.1 Å². The molecule has 1 heterocycles. The Bertz CT molecular complexity index is 1130. The van der Waals surface area contributed by atoms with Gasteiger partial charge >= 0.3 is 6.09 Å². The van der Waals surface area contributed by atoms with Gasteiger partial charge in [-0.15, -0.1) is 0 Å². The Kier molecular flexibility index (Phi) is 6.59. The lowest BCUT2D eigenvalue weighted by atomic mass is 9.92. The van der Waals surface area contributed by atoms with E-state index < -0.39 is 11.9 Å². The zero-order chi connectivity index (χ0) is 21.8.